The molecule has 154 valence electrons. The summed E-state index contributed by atoms with van der Waals surface area (Å²) in [4.78, 5) is 25.6. The van der Waals surface area contributed by atoms with Crippen LogP contribution in [-0.4, -0.2) is 54.7 Å². The van der Waals surface area contributed by atoms with E-state index in [1.807, 2.05) is 41.2 Å². The van der Waals surface area contributed by atoms with Gasteiger partial charge in [-0.05, 0) is 30.6 Å². The fourth-order valence-corrected chi connectivity index (χ4v) is 3.88. The highest BCUT2D eigenvalue weighted by molar-refractivity contribution is 5.89. The summed E-state index contributed by atoms with van der Waals surface area (Å²) in [7, 11) is 0. The third-order valence-corrected chi connectivity index (χ3v) is 5.44. The van der Waals surface area contributed by atoms with Crippen LogP contribution in [0.15, 0.2) is 55.5 Å². The summed E-state index contributed by atoms with van der Waals surface area (Å²) >= 11 is 0. The number of nitrogens with one attached hydrogen (secondary N) is 2. The Morgan fingerprint density at radius 2 is 2.26 bits per heavy atom. The lowest BCUT2D eigenvalue weighted by Crippen LogP contribution is -2.30. The zero-order chi connectivity index (χ0) is 21.2. The number of fused-ring (bicyclic) bond motifs is 2. The van der Waals surface area contributed by atoms with Gasteiger partial charge < -0.3 is 15.2 Å². The largest absolute Gasteiger partial charge is 0.365 e. The first-order valence-electron chi connectivity index (χ1n) is 10.1. The summed E-state index contributed by atoms with van der Waals surface area (Å²) in [6, 6.07) is 10.2. The zero-order valence-electron chi connectivity index (χ0n) is 16.9. The van der Waals surface area contributed by atoms with Crippen molar-refractivity contribution in [1.29, 1.82) is 0 Å². The molecule has 3 aromatic heterocycles. The van der Waals surface area contributed by atoms with Crippen LogP contribution in [0.5, 0.6) is 0 Å². The number of hydrogen-bond donors (Lipinski definition) is 2. The van der Waals surface area contributed by atoms with E-state index >= 15 is 0 Å². The molecule has 0 bridgehead atoms. The number of nitrogens with zero attached hydrogens (tertiary/aromatic N) is 5. The maximum atomic E-state index is 11.8. The number of H-pyrrole nitrogens is 1. The van der Waals surface area contributed by atoms with Gasteiger partial charge in [-0.2, -0.15) is 5.10 Å². The van der Waals surface area contributed by atoms with Crippen molar-refractivity contribution in [1.82, 2.24) is 29.6 Å². The standard InChI is InChI=1S/C23H21N7O/c1-2-21(31)29-11-9-18(14-29)28-23-19-12-17(27-22(19)24-15-25-23)7-5-10-30-20-8-4-3-6-16(20)13-26-30/h2-4,6,8,12-13,15,18H,1,9-11,14H2,(H2,24,25,27,28)/t18-/m1/s1. The third-order valence-electron chi connectivity index (χ3n) is 5.44. The van der Waals surface area contributed by atoms with Gasteiger partial charge in [0.25, 0.3) is 0 Å². The molecule has 0 aliphatic carbocycles. The number of rotatable bonds is 4. The van der Waals surface area contributed by atoms with Gasteiger partial charge in [0, 0.05) is 24.5 Å². The fourth-order valence-electron chi connectivity index (χ4n) is 3.88. The molecule has 0 unspecified atom stereocenters. The van der Waals surface area contributed by atoms with Gasteiger partial charge in [-0.25, -0.2) is 9.97 Å². The number of carbonyl (C=O) groups excluding carboxylic acids is 1. The molecule has 1 aliphatic rings. The van der Waals surface area contributed by atoms with Crippen molar-refractivity contribution in [2.45, 2.75) is 19.0 Å². The predicted octanol–water partition coefficient (Wildman–Crippen LogP) is 2.56. The highest BCUT2D eigenvalue weighted by Gasteiger charge is 2.25. The van der Waals surface area contributed by atoms with Crippen molar-refractivity contribution >= 4 is 33.7 Å². The first-order chi connectivity index (χ1) is 15.2. The molecule has 1 aliphatic heterocycles. The van der Waals surface area contributed by atoms with E-state index in [4.69, 9.17) is 0 Å². The van der Waals surface area contributed by atoms with Crippen molar-refractivity contribution in [2.24, 2.45) is 0 Å². The zero-order valence-corrected chi connectivity index (χ0v) is 16.9. The number of carbonyl (C=O) groups is 1. The Labute approximate surface area is 179 Å². The number of amides is 1. The predicted molar refractivity (Wildman–Crippen MR) is 119 cm³/mol. The van der Waals surface area contributed by atoms with Gasteiger partial charge >= 0.3 is 0 Å². The van der Waals surface area contributed by atoms with Crippen LogP contribution in [0.4, 0.5) is 5.82 Å². The van der Waals surface area contributed by atoms with Crippen LogP contribution in [0.2, 0.25) is 0 Å². The average Bonchev–Trinajstić information content (AvgIpc) is 3.52. The van der Waals surface area contributed by atoms with Crippen molar-refractivity contribution in [2.75, 3.05) is 18.4 Å². The van der Waals surface area contributed by atoms with Gasteiger partial charge in [0.1, 0.15) is 24.3 Å². The first-order valence-corrected chi connectivity index (χ1v) is 10.1. The SMILES string of the molecule is C=CC(=O)N1CC[C@@H](Nc2ncnc3[nH]c(C#CCn4ncc5ccccc54)cc23)C1. The summed E-state index contributed by atoms with van der Waals surface area (Å²) in [5, 5.41) is 9.82. The van der Waals surface area contributed by atoms with E-state index in [9.17, 15) is 4.79 Å². The molecule has 31 heavy (non-hydrogen) atoms. The third kappa shape index (κ3) is 3.73. The van der Waals surface area contributed by atoms with Crippen molar-refractivity contribution in [3.05, 3.63) is 61.2 Å². The molecule has 1 aromatic carbocycles. The molecule has 0 spiro atoms. The second kappa shape index (κ2) is 7.95. The first kappa shape index (κ1) is 18.9. The van der Waals surface area contributed by atoms with Crippen LogP contribution in [0.3, 0.4) is 0 Å². The number of hydrogen-bond acceptors (Lipinski definition) is 5. The van der Waals surface area contributed by atoms with E-state index < -0.39 is 0 Å². The molecule has 5 rings (SSSR count). The summed E-state index contributed by atoms with van der Waals surface area (Å²) in [5.41, 5.74) is 2.56. The Bertz CT molecular complexity index is 1340. The van der Waals surface area contributed by atoms with E-state index in [0.717, 1.165) is 39.9 Å². The number of aromatic nitrogens is 5. The van der Waals surface area contributed by atoms with E-state index in [2.05, 4.69) is 43.8 Å². The van der Waals surface area contributed by atoms with Gasteiger partial charge in [-0.15, -0.1) is 0 Å². The molecule has 1 fully saturated rings. The molecule has 2 N–H and O–H groups in total. The quantitative estimate of drug-likeness (QED) is 0.398. The lowest BCUT2D eigenvalue weighted by atomic mass is 10.2. The Morgan fingerprint density at radius 3 is 3.16 bits per heavy atom. The smallest absolute Gasteiger partial charge is 0.246 e. The fraction of sp³-hybridized carbons (Fsp3) is 0.217. The van der Waals surface area contributed by atoms with E-state index in [1.165, 1.54) is 12.4 Å². The maximum absolute atomic E-state index is 11.8. The minimum absolute atomic E-state index is 0.0405. The molecular formula is C23H21N7O. The van der Waals surface area contributed by atoms with Crippen molar-refractivity contribution < 1.29 is 4.79 Å². The molecular weight excluding hydrogens is 390 g/mol. The van der Waals surface area contributed by atoms with Gasteiger partial charge in [0.2, 0.25) is 5.91 Å². The molecule has 1 atom stereocenters. The van der Waals surface area contributed by atoms with Crippen LogP contribution in [-0.2, 0) is 11.3 Å². The van der Waals surface area contributed by atoms with Gasteiger partial charge in [0.05, 0.1) is 22.8 Å². The van der Waals surface area contributed by atoms with Gasteiger partial charge in [-0.3, -0.25) is 9.48 Å². The Morgan fingerprint density at radius 1 is 1.35 bits per heavy atom. The number of benzene rings is 1. The molecule has 8 heteroatoms. The van der Waals surface area contributed by atoms with Gasteiger partial charge in [0.15, 0.2) is 0 Å². The molecule has 1 amide bonds. The van der Waals surface area contributed by atoms with Crippen molar-refractivity contribution in [3.63, 3.8) is 0 Å². The highest BCUT2D eigenvalue weighted by Crippen LogP contribution is 2.23. The van der Waals surface area contributed by atoms with Crippen LogP contribution in [0.25, 0.3) is 21.9 Å². The number of likely N-dealkylation sites (tertiary alicyclic amines) is 1. The van der Waals surface area contributed by atoms with Crippen molar-refractivity contribution in [3.8, 4) is 11.8 Å². The normalized spacial score (nSPS) is 15.7. The Kier molecular flexibility index (Phi) is 4.84. The lowest BCUT2D eigenvalue weighted by molar-refractivity contribution is -0.125. The topological polar surface area (TPSA) is 91.7 Å². The maximum Gasteiger partial charge on any atom is 0.246 e. The van der Waals surface area contributed by atoms with Crippen LogP contribution in [0.1, 0.15) is 12.1 Å². The summed E-state index contributed by atoms with van der Waals surface area (Å²) < 4.78 is 1.88. The van der Waals surface area contributed by atoms with Crippen LogP contribution < -0.4 is 5.32 Å². The minimum Gasteiger partial charge on any atom is -0.365 e. The number of para-hydroxylation sites is 1. The Balaban J connectivity index is 1.33. The summed E-state index contributed by atoms with van der Waals surface area (Å²) in [5.74, 6) is 7.03. The second-order valence-corrected chi connectivity index (χ2v) is 7.45. The monoisotopic (exact) mass is 411 g/mol. The highest BCUT2D eigenvalue weighted by atomic mass is 16.2. The average molecular weight is 411 g/mol. The van der Waals surface area contributed by atoms with Crippen LogP contribution in [0, 0.1) is 11.8 Å². The minimum atomic E-state index is -0.0405. The number of anilines is 1. The van der Waals surface area contributed by atoms with E-state index in [0.29, 0.717) is 19.6 Å². The molecule has 0 saturated carbocycles. The van der Waals surface area contributed by atoms with Gasteiger partial charge in [-0.1, -0.05) is 30.7 Å². The second-order valence-electron chi connectivity index (χ2n) is 7.45. The molecule has 1 saturated heterocycles. The molecule has 8 nitrogen and oxygen atoms in total. The summed E-state index contributed by atoms with van der Waals surface area (Å²) in [6.07, 6.45) is 5.59. The molecule has 0 radical (unpaired) electrons. The number of aromatic amines is 1. The Hall–Kier alpha value is -4.12. The lowest BCUT2D eigenvalue weighted by Gasteiger charge is -2.15. The molecule has 4 aromatic rings. The van der Waals surface area contributed by atoms with E-state index in [1.54, 1.807) is 4.90 Å². The molecule has 4 heterocycles. The van der Waals surface area contributed by atoms with E-state index in [-0.39, 0.29) is 11.9 Å². The summed E-state index contributed by atoms with van der Waals surface area (Å²) in [6.45, 7) is 5.40. The van der Waals surface area contributed by atoms with Crippen LogP contribution >= 0.6 is 0 Å².